The van der Waals surface area contributed by atoms with Gasteiger partial charge in [0.1, 0.15) is 0 Å². The Kier molecular flexibility index (Phi) is 5.17. The van der Waals surface area contributed by atoms with Gasteiger partial charge in [0.2, 0.25) is 0 Å². The first-order valence-electron chi connectivity index (χ1n) is 7.84. The number of alkyl halides is 3. The van der Waals surface area contributed by atoms with Crippen LogP contribution in [0.2, 0.25) is 0 Å². The molecule has 1 aromatic rings. The van der Waals surface area contributed by atoms with Crippen LogP contribution in [0.15, 0.2) is 18.2 Å². The number of hydrogen-bond acceptors (Lipinski definition) is 1. The smallest absolute Gasteiger partial charge is 0.382 e. The minimum absolute atomic E-state index is 0.295. The summed E-state index contributed by atoms with van der Waals surface area (Å²) >= 11 is 0. The van der Waals surface area contributed by atoms with Crippen molar-refractivity contribution in [2.24, 2.45) is 5.92 Å². The Hall–Kier alpha value is -1.19. The fourth-order valence-corrected chi connectivity index (χ4v) is 3.10. The van der Waals surface area contributed by atoms with Crippen LogP contribution < -0.4 is 5.32 Å². The van der Waals surface area contributed by atoms with Gasteiger partial charge in [-0.05, 0) is 49.8 Å². The van der Waals surface area contributed by atoms with Gasteiger partial charge in [0.05, 0.1) is 5.56 Å². The highest BCUT2D eigenvalue weighted by Gasteiger charge is 2.31. The van der Waals surface area contributed by atoms with Crippen LogP contribution in [0, 0.1) is 12.8 Å². The van der Waals surface area contributed by atoms with Crippen molar-refractivity contribution in [1.82, 2.24) is 0 Å². The number of aryl methyl sites for hydroxylation is 1. The van der Waals surface area contributed by atoms with E-state index in [2.05, 4.69) is 12.2 Å². The van der Waals surface area contributed by atoms with Crippen LogP contribution in [0.25, 0.3) is 0 Å². The van der Waals surface area contributed by atoms with Crippen molar-refractivity contribution >= 4 is 5.69 Å². The lowest BCUT2D eigenvalue weighted by Crippen LogP contribution is -2.19. The predicted molar refractivity (Wildman–Crippen MR) is 80.5 cm³/mol. The monoisotopic (exact) mass is 299 g/mol. The summed E-state index contributed by atoms with van der Waals surface area (Å²) in [5.74, 6) is 0.777. The molecule has 0 aromatic heterocycles. The lowest BCUT2D eigenvalue weighted by Gasteiger charge is -2.20. The van der Waals surface area contributed by atoms with Gasteiger partial charge in [0, 0.05) is 11.7 Å². The van der Waals surface area contributed by atoms with Crippen LogP contribution in [-0.2, 0) is 6.18 Å². The average Bonchev–Trinajstić information content (AvgIpc) is 2.65. The highest BCUT2D eigenvalue weighted by atomic mass is 19.4. The van der Waals surface area contributed by atoms with Crippen LogP contribution in [0.5, 0.6) is 0 Å². The largest absolute Gasteiger partial charge is 0.416 e. The lowest BCUT2D eigenvalue weighted by molar-refractivity contribution is -0.137. The molecule has 118 valence electrons. The molecular weight excluding hydrogens is 275 g/mol. The topological polar surface area (TPSA) is 12.0 Å². The van der Waals surface area contributed by atoms with E-state index in [0.717, 1.165) is 36.8 Å². The van der Waals surface area contributed by atoms with Crippen molar-refractivity contribution in [2.45, 2.75) is 64.6 Å². The minimum atomic E-state index is -4.28. The summed E-state index contributed by atoms with van der Waals surface area (Å²) in [6.07, 6.45) is 2.60. The normalized spacial score (nSPS) is 23.7. The Labute approximate surface area is 124 Å². The Morgan fingerprint density at radius 2 is 1.90 bits per heavy atom. The second-order valence-corrected chi connectivity index (χ2v) is 6.15. The quantitative estimate of drug-likeness (QED) is 0.697. The molecule has 0 amide bonds. The molecule has 1 N–H and O–H groups in total. The Bertz CT molecular complexity index is 468. The van der Waals surface area contributed by atoms with Gasteiger partial charge < -0.3 is 5.32 Å². The van der Waals surface area contributed by atoms with Gasteiger partial charge in [-0.3, -0.25) is 0 Å². The number of benzene rings is 1. The molecule has 21 heavy (non-hydrogen) atoms. The lowest BCUT2D eigenvalue weighted by atomic mass is 9.97. The summed E-state index contributed by atoms with van der Waals surface area (Å²) in [7, 11) is 0. The SMILES string of the molecule is CCC1CCCC(Nc2cc(C(F)(F)F)ccc2C)CC1. The summed E-state index contributed by atoms with van der Waals surface area (Å²) in [6, 6.07) is 4.25. The predicted octanol–water partition coefficient (Wildman–Crippen LogP) is 5.78. The molecule has 2 rings (SSSR count). The standard InChI is InChI=1S/C17H24F3N/c1-3-13-5-4-6-15(10-8-13)21-16-11-14(17(18,19)20)9-7-12(16)2/h7,9,11,13,15,21H,3-6,8,10H2,1-2H3. The highest BCUT2D eigenvalue weighted by Crippen LogP contribution is 2.33. The average molecular weight is 299 g/mol. The fourth-order valence-electron chi connectivity index (χ4n) is 3.10. The molecule has 0 aliphatic heterocycles. The van der Waals surface area contributed by atoms with E-state index in [-0.39, 0.29) is 0 Å². The maximum Gasteiger partial charge on any atom is 0.416 e. The van der Waals surface area contributed by atoms with Crippen LogP contribution in [0.1, 0.15) is 56.6 Å². The molecule has 1 aromatic carbocycles. The first-order valence-corrected chi connectivity index (χ1v) is 7.84. The van der Waals surface area contributed by atoms with E-state index in [1.165, 1.54) is 25.3 Å². The van der Waals surface area contributed by atoms with Crippen molar-refractivity contribution in [3.63, 3.8) is 0 Å². The second kappa shape index (κ2) is 6.71. The minimum Gasteiger partial charge on any atom is -0.382 e. The fraction of sp³-hybridized carbons (Fsp3) is 0.647. The molecule has 4 heteroatoms. The van der Waals surface area contributed by atoms with Gasteiger partial charge in [-0.2, -0.15) is 13.2 Å². The van der Waals surface area contributed by atoms with Crippen LogP contribution in [-0.4, -0.2) is 6.04 Å². The van der Waals surface area contributed by atoms with Crippen LogP contribution in [0.4, 0.5) is 18.9 Å². The van der Waals surface area contributed by atoms with Crippen molar-refractivity contribution in [3.05, 3.63) is 29.3 Å². The van der Waals surface area contributed by atoms with Gasteiger partial charge in [-0.15, -0.1) is 0 Å². The zero-order valence-electron chi connectivity index (χ0n) is 12.8. The zero-order valence-corrected chi connectivity index (χ0v) is 12.8. The number of hydrogen-bond donors (Lipinski definition) is 1. The van der Waals surface area contributed by atoms with Crippen molar-refractivity contribution in [2.75, 3.05) is 5.32 Å². The molecular formula is C17H24F3N. The third-order valence-corrected chi connectivity index (χ3v) is 4.59. The highest BCUT2D eigenvalue weighted by molar-refractivity contribution is 5.53. The molecule has 1 aliphatic carbocycles. The van der Waals surface area contributed by atoms with E-state index in [1.807, 2.05) is 6.92 Å². The molecule has 1 nitrogen and oxygen atoms in total. The summed E-state index contributed by atoms with van der Waals surface area (Å²) < 4.78 is 38.4. The van der Waals surface area contributed by atoms with Crippen molar-refractivity contribution < 1.29 is 13.2 Å². The van der Waals surface area contributed by atoms with E-state index in [9.17, 15) is 13.2 Å². The van der Waals surface area contributed by atoms with Crippen LogP contribution in [0.3, 0.4) is 0 Å². The number of halogens is 3. The Morgan fingerprint density at radius 3 is 2.57 bits per heavy atom. The molecule has 1 fully saturated rings. The molecule has 1 aliphatic rings. The van der Waals surface area contributed by atoms with Gasteiger partial charge in [-0.1, -0.05) is 32.3 Å². The van der Waals surface area contributed by atoms with Gasteiger partial charge >= 0.3 is 6.18 Å². The summed E-state index contributed by atoms with van der Waals surface area (Å²) in [4.78, 5) is 0. The first-order chi connectivity index (χ1) is 9.90. The van der Waals surface area contributed by atoms with Crippen molar-refractivity contribution in [1.29, 1.82) is 0 Å². The Morgan fingerprint density at radius 1 is 1.14 bits per heavy atom. The van der Waals surface area contributed by atoms with Gasteiger partial charge in [0.25, 0.3) is 0 Å². The molecule has 0 spiro atoms. The second-order valence-electron chi connectivity index (χ2n) is 6.15. The molecule has 0 saturated heterocycles. The van der Waals surface area contributed by atoms with E-state index in [4.69, 9.17) is 0 Å². The maximum atomic E-state index is 12.8. The van der Waals surface area contributed by atoms with E-state index >= 15 is 0 Å². The molecule has 2 unspecified atom stereocenters. The third kappa shape index (κ3) is 4.39. The van der Waals surface area contributed by atoms with E-state index in [1.54, 1.807) is 6.07 Å². The molecule has 0 bridgehead atoms. The number of nitrogens with one attached hydrogen (secondary N) is 1. The van der Waals surface area contributed by atoms with Crippen LogP contribution >= 0.6 is 0 Å². The van der Waals surface area contributed by atoms with Crippen molar-refractivity contribution in [3.8, 4) is 0 Å². The first kappa shape index (κ1) is 16.2. The summed E-state index contributed by atoms with van der Waals surface area (Å²) in [6.45, 7) is 4.07. The molecule has 1 saturated carbocycles. The summed E-state index contributed by atoms with van der Waals surface area (Å²) in [5, 5.41) is 3.35. The number of rotatable bonds is 3. The summed E-state index contributed by atoms with van der Waals surface area (Å²) in [5.41, 5.74) is 0.930. The van der Waals surface area contributed by atoms with Gasteiger partial charge in [-0.25, -0.2) is 0 Å². The molecule has 0 radical (unpaired) electrons. The number of anilines is 1. The Balaban J connectivity index is 2.08. The van der Waals surface area contributed by atoms with E-state index in [0.29, 0.717) is 11.7 Å². The van der Waals surface area contributed by atoms with E-state index < -0.39 is 11.7 Å². The zero-order chi connectivity index (χ0) is 15.5. The third-order valence-electron chi connectivity index (χ3n) is 4.59. The molecule has 0 heterocycles. The maximum absolute atomic E-state index is 12.8. The van der Waals surface area contributed by atoms with Gasteiger partial charge in [0.15, 0.2) is 0 Å². The molecule has 2 atom stereocenters.